The van der Waals surface area contributed by atoms with Crippen molar-refractivity contribution in [3.8, 4) is 0 Å². The summed E-state index contributed by atoms with van der Waals surface area (Å²) in [4.78, 5) is 17.6. The summed E-state index contributed by atoms with van der Waals surface area (Å²) in [5, 5.41) is 5.02. The highest BCUT2D eigenvalue weighted by Crippen LogP contribution is 2.29. The maximum atomic E-state index is 12.0. The van der Waals surface area contributed by atoms with Crippen molar-refractivity contribution in [1.29, 1.82) is 0 Å². The van der Waals surface area contributed by atoms with Crippen LogP contribution in [0.5, 0.6) is 0 Å². The fourth-order valence-electron chi connectivity index (χ4n) is 2.31. The van der Waals surface area contributed by atoms with Gasteiger partial charge in [-0.15, -0.1) is 11.8 Å². The predicted octanol–water partition coefficient (Wildman–Crippen LogP) is 4.55. The van der Waals surface area contributed by atoms with Gasteiger partial charge in [0, 0.05) is 20.4 Å². The van der Waals surface area contributed by atoms with E-state index in [0.717, 1.165) is 31.5 Å². The molecule has 0 aliphatic rings. The number of rotatable bonds is 5. The molecule has 0 unspecified atom stereocenters. The average molecular weight is 414 g/mol. The Hall–Kier alpha value is -2.18. The number of benzene rings is 2. The monoisotopic (exact) mass is 413 g/mol. The highest BCUT2D eigenvalue weighted by Gasteiger charge is 2.08. The van der Waals surface area contributed by atoms with Gasteiger partial charge in [-0.2, -0.15) is 5.10 Å². The molecule has 0 radical (unpaired) electrons. The lowest BCUT2D eigenvalue weighted by atomic mass is 10.2. The number of amides is 1. The van der Waals surface area contributed by atoms with Crippen molar-refractivity contribution in [3.05, 3.63) is 70.3 Å². The minimum Gasteiger partial charge on any atom is -0.272 e. The highest BCUT2D eigenvalue weighted by atomic mass is 79.9. The smallest absolute Gasteiger partial charge is 0.250 e. The molecule has 0 spiro atoms. The van der Waals surface area contributed by atoms with E-state index in [4.69, 9.17) is 0 Å². The van der Waals surface area contributed by atoms with Gasteiger partial charge >= 0.3 is 0 Å². The van der Waals surface area contributed by atoms with Crippen molar-refractivity contribution in [1.82, 2.24) is 10.4 Å². The zero-order valence-electron chi connectivity index (χ0n) is 13.6. The molecule has 3 aromatic rings. The number of hydrogen-bond donors (Lipinski definition) is 1. The number of nitrogens with one attached hydrogen (secondary N) is 1. The van der Waals surface area contributed by atoms with Crippen molar-refractivity contribution >= 4 is 50.7 Å². The first-order valence-electron chi connectivity index (χ1n) is 7.68. The topological polar surface area (TPSA) is 54.4 Å². The van der Waals surface area contributed by atoms with Gasteiger partial charge in [-0.25, -0.2) is 5.43 Å². The van der Waals surface area contributed by atoms with Gasteiger partial charge in [0.2, 0.25) is 5.91 Å². The van der Waals surface area contributed by atoms with Gasteiger partial charge < -0.3 is 0 Å². The Bertz CT molecular complexity index is 929. The van der Waals surface area contributed by atoms with Crippen LogP contribution >= 0.6 is 27.7 Å². The number of aryl methyl sites for hydroxylation is 1. The number of nitrogens with zero attached hydrogens (tertiary/aromatic N) is 2. The average Bonchev–Trinajstić information content (AvgIpc) is 2.61. The van der Waals surface area contributed by atoms with E-state index in [1.54, 1.807) is 6.21 Å². The number of carbonyl (C=O) groups is 1. The van der Waals surface area contributed by atoms with Crippen molar-refractivity contribution in [2.24, 2.45) is 5.10 Å². The van der Waals surface area contributed by atoms with Gasteiger partial charge in [-0.05, 0) is 36.8 Å². The third-order valence-electron chi connectivity index (χ3n) is 3.42. The van der Waals surface area contributed by atoms with Crippen LogP contribution in [0.15, 0.2) is 69.1 Å². The second-order valence-corrected chi connectivity index (χ2v) is 7.35. The molecule has 1 aromatic heterocycles. The Morgan fingerprint density at radius 3 is 2.84 bits per heavy atom. The van der Waals surface area contributed by atoms with Crippen LogP contribution in [-0.4, -0.2) is 22.9 Å². The van der Waals surface area contributed by atoms with E-state index in [-0.39, 0.29) is 11.7 Å². The van der Waals surface area contributed by atoms with E-state index in [9.17, 15) is 4.79 Å². The molecule has 0 aliphatic heterocycles. The van der Waals surface area contributed by atoms with Crippen LogP contribution in [0, 0.1) is 6.92 Å². The van der Waals surface area contributed by atoms with Crippen molar-refractivity contribution in [2.45, 2.75) is 11.8 Å². The lowest BCUT2D eigenvalue weighted by molar-refractivity contribution is -0.118. The van der Waals surface area contributed by atoms with Gasteiger partial charge in [0.05, 0.1) is 17.5 Å². The molecular formula is C19H16BrN3OS. The predicted molar refractivity (Wildman–Crippen MR) is 107 cm³/mol. The van der Waals surface area contributed by atoms with E-state index in [2.05, 4.69) is 31.4 Å². The van der Waals surface area contributed by atoms with Gasteiger partial charge in [-0.1, -0.05) is 46.3 Å². The zero-order valence-corrected chi connectivity index (χ0v) is 16.0. The third kappa shape index (κ3) is 4.90. The molecule has 0 atom stereocenters. The summed E-state index contributed by atoms with van der Waals surface area (Å²) in [6.45, 7) is 1.95. The number of aromatic nitrogens is 1. The second-order valence-electron chi connectivity index (χ2n) is 5.42. The molecule has 0 aliphatic carbocycles. The van der Waals surface area contributed by atoms with Gasteiger partial charge in [0.15, 0.2) is 0 Å². The summed E-state index contributed by atoms with van der Waals surface area (Å²) in [5.41, 5.74) is 5.36. The molecule has 6 heteroatoms. The van der Waals surface area contributed by atoms with Gasteiger partial charge in [0.1, 0.15) is 0 Å². The molecule has 0 saturated carbocycles. The summed E-state index contributed by atoms with van der Waals surface area (Å²) >= 11 is 4.97. The Labute approximate surface area is 158 Å². The highest BCUT2D eigenvalue weighted by molar-refractivity contribution is 9.10. The van der Waals surface area contributed by atoms with Crippen LogP contribution in [0.2, 0.25) is 0 Å². The molecule has 3 rings (SSSR count). The number of thioether (sulfide) groups is 1. The fourth-order valence-corrected chi connectivity index (χ4v) is 3.59. The molecule has 126 valence electrons. The van der Waals surface area contributed by atoms with Crippen LogP contribution < -0.4 is 5.43 Å². The van der Waals surface area contributed by atoms with E-state index in [0.29, 0.717) is 0 Å². The number of carbonyl (C=O) groups excluding carboxylic acids is 1. The second kappa shape index (κ2) is 8.27. The van der Waals surface area contributed by atoms with Crippen LogP contribution in [0.4, 0.5) is 0 Å². The lowest BCUT2D eigenvalue weighted by Crippen LogP contribution is -2.19. The Kier molecular flexibility index (Phi) is 5.83. The number of hydrogen-bond acceptors (Lipinski definition) is 4. The minimum atomic E-state index is -0.144. The minimum absolute atomic E-state index is 0.144. The number of halogens is 1. The summed E-state index contributed by atoms with van der Waals surface area (Å²) < 4.78 is 0.990. The first kappa shape index (κ1) is 17.6. The van der Waals surface area contributed by atoms with E-state index in [1.165, 1.54) is 11.8 Å². The summed E-state index contributed by atoms with van der Waals surface area (Å²) in [7, 11) is 0. The summed E-state index contributed by atoms with van der Waals surface area (Å²) in [6.07, 6.45) is 1.63. The maximum Gasteiger partial charge on any atom is 0.250 e. The van der Waals surface area contributed by atoms with Crippen LogP contribution in [0.3, 0.4) is 0 Å². The molecule has 1 heterocycles. The molecule has 4 nitrogen and oxygen atoms in total. The number of pyridine rings is 1. The van der Waals surface area contributed by atoms with Crippen molar-refractivity contribution in [2.75, 3.05) is 5.75 Å². The molecule has 1 N–H and O–H groups in total. The lowest BCUT2D eigenvalue weighted by Gasteiger charge is -2.07. The van der Waals surface area contributed by atoms with E-state index < -0.39 is 0 Å². The largest absolute Gasteiger partial charge is 0.272 e. The SMILES string of the molecule is Cc1cc(SCC(=O)N/N=C\c2ccccc2)c2cc(Br)ccc2n1. The molecular weight excluding hydrogens is 398 g/mol. The van der Waals surface area contributed by atoms with Crippen LogP contribution in [0.25, 0.3) is 10.9 Å². The molecule has 1 amide bonds. The fraction of sp³-hybridized carbons (Fsp3) is 0.105. The van der Waals surface area contributed by atoms with Crippen molar-refractivity contribution in [3.63, 3.8) is 0 Å². The zero-order chi connectivity index (χ0) is 17.6. The van der Waals surface area contributed by atoms with Gasteiger partial charge in [0.25, 0.3) is 0 Å². The maximum absolute atomic E-state index is 12.0. The molecule has 25 heavy (non-hydrogen) atoms. The normalized spacial score (nSPS) is 11.1. The Morgan fingerprint density at radius 1 is 1.24 bits per heavy atom. The van der Waals surface area contributed by atoms with Crippen LogP contribution in [0.1, 0.15) is 11.3 Å². The van der Waals surface area contributed by atoms with E-state index >= 15 is 0 Å². The van der Waals surface area contributed by atoms with Crippen LogP contribution in [-0.2, 0) is 4.79 Å². The summed E-state index contributed by atoms with van der Waals surface area (Å²) in [6, 6.07) is 17.6. The first-order valence-corrected chi connectivity index (χ1v) is 9.46. The quantitative estimate of drug-likeness (QED) is 0.379. The van der Waals surface area contributed by atoms with Gasteiger partial charge in [-0.3, -0.25) is 9.78 Å². The standard InChI is InChI=1S/C19H16BrN3OS/c1-13-9-18(16-10-15(20)7-8-17(16)22-13)25-12-19(24)23-21-11-14-5-3-2-4-6-14/h2-11H,12H2,1H3,(H,23,24)/b21-11-. The number of fused-ring (bicyclic) bond motifs is 1. The third-order valence-corrected chi connectivity index (χ3v) is 4.97. The molecule has 0 bridgehead atoms. The molecule has 2 aromatic carbocycles. The summed E-state index contributed by atoms with van der Waals surface area (Å²) in [5.74, 6) is 0.145. The van der Waals surface area contributed by atoms with Crippen molar-refractivity contribution < 1.29 is 4.79 Å². The number of hydrazone groups is 1. The Balaban J connectivity index is 1.65. The molecule has 0 saturated heterocycles. The first-order chi connectivity index (χ1) is 12.1. The Morgan fingerprint density at radius 2 is 2.04 bits per heavy atom. The van der Waals surface area contributed by atoms with E-state index in [1.807, 2.05) is 61.5 Å². The molecule has 0 fully saturated rings.